The van der Waals surface area contributed by atoms with Crippen LogP contribution in [0.4, 0.5) is 17.3 Å². The Morgan fingerprint density at radius 3 is 2.54 bits per heavy atom. The molecule has 1 saturated heterocycles. The molecule has 41 heavy (non-hydrogen) atoms. The summed E-state index contributed by atoms with van der Waals surface area (Å²) in [6, 6.07) is 6.66. The minimum Gasteiger partial charge on any atom is -0.494 e. The minimum atomic E-state index is -1.02. The van der Waals surface area contributed by atoms with Gasteiger partial charge in [0.1, 0.15) is 29.8 Å². The normalized spacial score (nSPS) is 16.6. The van der Waals surface area contributed by atoms with Gasteiger partial charge in [-0.15, -0.1) is 0 Å². The summed E-state index contributed by atoms with van der Waals surface area (Å²) in [7, 11) is 3.13. The third-order valence-corrected chi connectivity index (χ3v) is 7.11. The van der Waals surface area contributed by atoms with E-state index in [-0.39, 0.29) is 17.3 Å². The molecule has 4 N–H and O–H groups in total. The number of nitrogens with zero attached hydrogens (tertiary/aromatic N) is 4. The highest BCUT2D eigenvalue weighted by atomic mass is 16.5. The van der Waals surface area contributed by atoms with E-state index in [1.165, 1.54) is 13.4 Å². The highest BCUT2D eigenvalue weighted by Gasteiger charge is 2.42. The predicted octanol–water partition coefficient (Wildman–Crippen LogP) is 2.53. The Hall–Kier alpha value is -4.16. The first-order chi connectivity index (χ1) is 19.5. The Balaban J connectivity index is 1.87. The lowest BCUT2D eigenvalue weighted by atomic mass is 9.85. The number of pyridine rings is 1. The van der Waals surface area contributed by atoms with Crippen molar-refractivity contribution in [2.75, 3.05) is 30.9 Å². The van der Waals surface area contributed by atoms with E-state index in [9.17, 15) is 14.4 Å². The molecular weight excluding hydrogens is 524 g/mol. The van der Waals surface area contributed by atoms with Crippen LogP contribution in [0, 0.1) is 5.41 Å². The first kappa shape index (κ1) is 29.8. The summed E-state index contributed by atoms with van der Waals surface area (Å²) >= 11 is 0. The Morgan fingerprint density at radius 1 is 1.15 bits per heavy atom. The number of carbonyl (C=O) groups is 3. The number of amides is 3. The average Bonchev–Trinajstić information content (AvgIpc) is 3.50. The molecule has 3 aromatic rings. The lowest BCUT2D eigenvalue weighted by molar-refractivity contribution is -0.134. The smallest absolute Gasteiger partial charge is 0.257 e. The third-order valence-electron chi connectivity index (χ3n) is 7.11. The maximum absolute atomic E-state index is 14.4. The molecule has 0 bridgehead atoms. The van der Waals surface area contributed by atoms with Gasteiger partial charge in [-0.1, -0.05) is 26.8 Å². The van der Waals surface area contributed by atoms with Crippen molar-refractivity contribution in [3.8, 4) is 5.75 Å². The molecule has 0 saturated carbocycles. The largest absolute Gasteiger partial charge is 0.494 e. The van der Waals surface area contributed by atoms with Crippen LogP contribution in [0.25, 0.3) is 10.9 Å². The molecule has 3 amide bonds. The summed E-state index contributed by atoms with van der Waals surface area (Å²) in [6.45, 7) is 7.90. The summed E-state index contributed by atoms with van der Waals surface area (Å²) in [6.07, 6.45) is 4.46. The van der Waals surface area contributed by atoms with Gasteiger partial charge in [-0.2, -0.15) is 0 Å². The summed E-state index contributed by atoms with van der Waals surface area (Å²) in [4.78, 5) is 55.7. The highest BCUT2D eigenvalue weighted by Crippen LogP contribution is 2.37. The van der Waals surface area contributed by atoms with Gasteiger partial charge in [0.15, 0.2) is 0 Å². The van der Waals surface area contributed by atoms with Crippen LogP contribution < -0.4 is 30.9 Å². The number of nitrogens with one attached hydrogen (secondary N) is 4. The second-order valence-electron chi connectivity index (χ2n) is 11.1. The van der Waals surface area contributed by atoms with Gasteiger partial charge in [0, 0.05) is 17.6 Å². The number of anilines is 3. The number of aromatic nitrogens is 3. The average molecular weight is 563 g/mol. The SMILES string of the molecule is CN[C@@H](C)C(=O)N[C@H](C(=O)N(C(=O)[C@@H]1CCCN1)c1cc2c(Nc3ccccn3)ncnc2cc1OC)C(C)(C)C. The molecule has 218 valence electrons. The van der Waals surface area contributed by atoms with Crippen LogP contribution in [0.2, 0.25) is 0 Å². The van der Waals surface area contributed by atoms with Gasteiger partial charge < -0.3 is 26.0 Å². The van der Waals surface area contributed by atoms with Crippen LogP contribution >= 0.6 is 0 Å². The van der Waals surface area contributed by atoms with Gasteiger partial charge in [-0.3, -0.25) is 14.4 Å². The lowest BCUT2D eigenvalue weighted by Crippen LogP contribution is -2.60. The number of carbonyl (C=O) groups excluding carboxylic acids is 3. The van der Waals surface area contributed by atoms with Crippen molar-refractivity contribution in [2.24, 2.45) is 5.41 Å². The number of benzene rings is 1. The fraction of sp³-hybridized carbons (Fsp3) is 0.448. The molecule has 4 rings (SSSR count). The zero-order chi connectivity index (χ0) is 29.7. The molecule has 1 aromatic carbocycles. The summed E-state index contributed by atoms with van der Waals surface area (Å²) in [5.41, 5.74) is 0.0508. The van der Waals surface area contributed by atoms with E-state index in [4.69, 9.17) is 4.74 Å². The van der Waals surface area contributed by atoms with E-state index in [1.54, 1.807) is 44.4 Å². The first-order valence-corrected chi connectivity index (χ1v) is 13.6. The standard InChI is InChI=1S/C29H38N8O4/c1-17(30-5)26(38)36-24(29(2,3)4)28(40)37(27(39)19-10-9-13-31-19)21-14-18-20(15-22(21)41-6)33-16-34-25(18)35-23-11-7-8-12-32-23/h7-8,11-12,14-17,19,24,30-31H,9-10,13H2,1-6H3,(H,36,38)(H,32,33,34,35)/t17-,19-,24+/m0/s1. The fourth-order valence-corrected chi connectivity index (χ4v) is 4.64. The van der Waals surface area contributed by atoms with Crippen LogP contribution in [0.1, 0.15) is 40.5 Å². The molecule has 0 radical (unpaired) electrons. The van der Waals surface area contributed by atoms with Crippen molar-refractivity contribution >= 4 is 45.9 Å². The van der Waals surface area contributed by atoms with Crippen LogP contribution in [0.15, 0.2) is 42.9 Å². The summed E-state index contributed by atoms with van der Waals surface area (Å²) in [5.74, 6) is -0.0544. The van der Waals surface area contributed by atoms with Gasteiger partial charge >= 0.3 is 0 Å². The van der Waals surface area contributed by atoms with Gasteiger partial charge in [-0.25, -0.2) is 19.9 Å². The molecule has 3 heterocycles. The third kappa shape index (κ3) is 6.60. The van der Waals surface area contributed by atoms with E-state index >= 15 is 0 Å². The number of hydrogen-bond donors (Lipinski definition) is 4. The van der Waals surface area contributed by atoms with Crippen LogP contribution in [0.3, 0.4) is 0 Å². The maximum Gasteiger partial charge on any atom is 0.257 e. The Morgan fingerprint density at radius 2 is 1.93 bits per heavy atom. The zero-order valence-electron chi connectivity index (χ0n) is 24.3. The van der Waals surface area contributed by atoms with Crippen LogP contribution in [-0.2, 0) is 14.4 Å². The number of fused-ring (bicyclic) bond motifs is 1. The van der Waals surface area contributed by atoms with Crippen molar-refractivity contribution < 1.29 is 19.1 Å². The van der Waals surface area contributed by atoms with Crippen molar-refractivity contribution in [3.63, 3.8) is 0 Å². The molecule has 12 heteroatoms. The number of rotatable bonds is 9. The van der Waals surface area contributed by atoms with Crippen LogP contribution in [-0.4, -0.2) is 71.5 Å². The van der Waals surface area contributed by atoms with Crippen molar-refractivity contribution in [1.82, 2.24) is 30.9 Å². The molecule has 0 spiro atoms. The summed E-state index contributed by atoms with van der Waals surface area (Å²) in [5, 5.41) is 12.7. The molecule has 1 aliphatic rings. The van der Waals surface area contributed by atoms with E-state index in [0.717, 1.165) is 11.3 Å². The van der Waals surface area contributed by atoms with Crippen molar-refractivity contribution in [3.05, 3.63) is 42.9 Å². The zero-order valence-corrected chi connectivity index (χ0v) is 24.3. The quantitative estimate of drug-likeness (QED) is 0.306. The Labute approximate surface area is 239 Å². The van der Waals surface area contributed by atoms with Gasteiger partial charge in [-0.05, 0) is 57.0 Å². The highest BCUT2D eigenvalue weighted by molar-refractivity contribution is 6.20. The molecule has 3 atom stereocenters. The van der Waals surface area contributed by atoms with Gasteiger partial charge in [0.2, 0.25) is 5.91 Å². The topological polar surface area (TPSA) is 150 Å². The van der Waals surface area contributed by atoms with E-state index in [1.807, 2.05) is 26.8 Å². The first-order valence-electron chi connectivity index (χ1n) is 13.6. The molecule has 0 unspecified atom stereocenters. The number of ether oxygens (including phenoxy) is 1. The van der Waals surface area contributed by atoms with Crippen molar-refractivity contribution in [1.29, 1.82) is 0 Å². The fourth-order valence-electron chi connectivity index (χ4n) is 4.64. The number of hydrogen-bond acceptors (Lipinski definition) is 10. The summed E-state index contributed by atoms with van der Waals surface area (Å²) < 4.78 is 5.70. The monoisotopic (exact) mass is 562 g/mol. The lowest BCUT2D eigenvalue weighted by Gasteiger charge is -2.36. The number of imide groups is 1. The second-order valence-corrected chi connectivity index (χ2v) is 11.1. The molecule has 1 aliphatic heterocycles. The van der Waals surface area contributed by atoms with Gasteiger partial charge in [0.25, 0.3) is 11.8 Å². The maximum atomic E-state index is 14.4. The molecule has 1 fully saturated rings. The molecular formula is C29H38N8O4. The molecule has 12 nitrogen and oxygen atoms in total. The van der Waals surface area contributed by atoms with E-state index in [2.05, 4.69) is 36.2 Å². The minimum absolute atomic E-state index is 0.229. The molecule has 0 aliphatic carbocycles. The Bertz CT molecular complexity index is 1400. The van der Waals surface area contributed by atoms with E-state index in [0.29, 0.717) is 35.5 Å². The van der Waals surface area contributed by atoms with Crippen LogP contribution in [0.5, 0.6) is 5.75 Å². The van der Waals surface area contributed by atoms with Crippen molar-refractivity contribution in [2.45, 2.75) is 58.7 Å². The van der Waals surface area contributed by atoms with Gasteiger partial charge in [0.05, 0.1) is 30.4 Å². The number of likely N-dealkylation sites (N-methyl/N-ethyl adjacent to an activating group) is 1. The second kappa shape index (κ2) is 12.6. The van der Waals surface area contributed by atoms with E-state index < -0.39 is 35.4 Å². The predicted molar refractivity (Wildman–Crippen MR) is 157 cm³/mol. The number of methoxy groups -OCH3 is 1. The Kier molecular flexibility index (Phi) is 9.14. The molecule has 2 aromatic heterocycles.